The highest BCUT2D eigenvalue weighted by atomic mass is 32.2. The Bertz CT molecular complexity index is 377. The third-order valence-corrected chi connectivity index (χ3v) is 7.34. The maximum absolute atomic E-state index is 11.4. The van der Waals surface area contributed by atoms with E-state index in [9.17, 15) is 13.5 Å². The SMILES string of the molecule is CSC1(CNC2CS(=O)(=O)CC2O)CCCCC1. The Labute approximate surface area is 114 Å². The number of rotatable bonds is 4. The molecule has 4 nitrogen and oxygen atoms in total. The van der Waals surface area contributed by atoms with Crippen LogP contribution in [-0.2, 0) is 9.84 Å². The van der Waals surface area contributed by atoms with Crippen LogP contribution in [0, 0.1) is 0 Å². The van der Waals surface area contributed by atoms with Gasteiger partial charge in [0, 0.05) is 17.3 Å². The van der Waals surface area contributed by atoms with Crippen molar-refractivity contribution in [3.05, 3.63) is 0 Å². The van der Waals surface area contributed by atoms with Gasteiger partial charge < -0.3 is 10.4 Å². The van der Waals surface area contributed by atoms with Crippen LogP contribution in [0.25, 0.3) is 0 Å². The lowest BCUT2D eigenvalue weighted by Gasteiger charge is -2.37. The van der Waals surface area contributed by atoms with Crippen molar-refractivity contribution in [2.45, 2.75) is 49.0 Å². The van der Waals surface area contributed by atoms with E-state index in [1.807, 2.05) is 11.8 Å². The number of aliphatic hydroxyl groups is 1. The largest absolute Gasteiger partial charge is 0.390 e. The zero-order valence-electron chi connectivity index (χ0n) is 10.9. The third-order valence-electron chi connectivity index (χ3n) is 4.21. The highest BCUT2D eigenvalue weighted by Gasteiger charge is 2.38. The molecule has 2 unspecified atom stereocenters. The van der Waals surface area contributed by atoms with Gasteiger partial charge >= 0.3 is 0 Å². The van der Waals surface area contributed by atoms with Gasteiger partial charge in [0.1, 0.15) is 0 Å². The first-order valence-electron chi connectivity index (χ1n) is 6.63. The van der Waals surface area contributed by atoms with Gasteiger partial charge in [0.15, 0.2) is 9.84 Å². The lowest BCUT2D eigenvalue weighted by Crippen LogP contribution is -2.47. The Morgan fingerprint density at radius 1 is 1.28 bits per heavy atom. The Kier molecular flexibility index (Phi) is 4.62. The van der Waals surface area contributed by atoms with Gasteiger partial charge in [0.25, 0.3) is 0 Å². The van der Waals surface area contributed by atoms with Crippen molar-refractivity contribution in [1.82, 2.24) is 5.32 Å². The van der Waals surface area contributed by atoms with E-state index in [-0.39, 0.29) is 22.3 Å². The number of thioether (sulfide) groups is 1. The van der Waals surface area contributed by atoms with E-state index in [0.717, 1.165) is 6.54 Å². The van der Waals surface area contributed by atoms with Crippen molar-refractivity contribution in [2.24, 2.45) is 0 Å². The minimum atomic E-state index is -3.04. The second-order valence-electron chi connectivity index (χ2n) is 5.58. The molecule has 2 atom stereocenters. The smallest absolute Gasteiger partial charge is 0.154 e. The molecule has 0 amide bonds. The lowest BCUT2D eigenvalue weighted by atomic mass is 9.88. The highest BCUT2D eigenvalue weighted by Crippen LogP contribution is 2.38. The van der Waals surface area contributed by atoms with Gasteiger partial charge in [0.05, 0.1) is 17.6 Å². The molecule has 6 heteroatoms. The van der Waals surface area contributed by atoms with Gasteiger partial charge in [-0.2, -0.15) is 11.8 Å². The normalized spacial score (nSPS) is 34.6. The van der Waals surface area contributed by atoms with Crippen molar-refractivity contribution >= 4 is 21.6 Å². The van der Waals surface area contributed by atoms with Crippen LogP contribution in [0.2, 0.25) is 0 Å². The van der Waals surface area contributed by atoms with Crippen LogP contribution in [-0.4, -0.2) is 54.7 Å². The average Bonchev–Trinajstić information content (AvgIpc) is 2.61. The van der Waals surface area contributed by atoms with Gasteiger partial charge in [-0.3, -0.25) is 0 Å². The molecule has 2 rings (SSSR count). The van der Waals surface area contributed by atoms with E-state index in [4.69, 9.17) is 0 Å². The first-order valence-corrected chi connectivity index (χ1v) is 9.68. The molecule has 1 saturated carbocycles. The maximum Gasteiger partial charge on any atom is 0.154 e. The zero-order chi connectivity index (χ0) is 13.2. The molecule has 0 aromatic rings. The molecule has 2 N–H and O–H groups in total. The third kappa shape index (κ3) is 3.40. The molecule has 1 heterocycles. The van der Waals surface area contributed by atoms with Crippen molar-refractivity contribution < 1.29 is 13.5 Å². The zero-order valence-corrected chi connectivity index (χ0v) is 12.5. The van der Waals surface area contributed by atoms with E-state index < -0.39 is 15.9 Å². The van der Waals surface area contributed by atoms with Crippen molar-refractivity contribution in [3.8, 4) is 0 Å². The van der Waals surface area contributed by atoms with Crippen LogP contribution < -0.4 is 5.32 Å². The molecule has 0 bridgehead atoms. The fraction of sp³-hybridized carbons (Fsp3) is 1.00. The van der Waals surface area contributed by atoms with Crippen LogP contribution >= 0.6 is 11.8 Å². The molecule has 0 spiro atoms. The molecule has 1 aliphatic carbocycles. The van der Waals surface area contributed by atoms with E-state index in [1.54, 1.807) is 0 Å². The standard InChI is InChI=1S/C12H23NO3S2/c1-17-12(5-3-2-4-6-12)9-13-10-7-18(15,16)8-11(10)14/h10-11,13-14H,2-9H2,1H3. The summed E-state index contributed by atoms with van der Waals surface area (Å²) in [6, 6.07) is -0.277. The number of nitrogens with one attached hydrogen (secondary N) is 1. The minimum Gasteiger partial charge on any atom is -0.390 e. The number of hydrogen-bond acceptors (Lipinski definition) is 5. The quantitative estimate of drug-likeness (QED) is 0.802. The maximum atomic E-state index is 11.4. The summed E-state index contributed by atoms with van der Waals surface area (Å²) in [5.41, 5.74) is 0. The van der Waals surface area contributed by atoms with Gasteiger partial charge in [-0.05, 0) is 19.1 Å². The number of aliphatic hydroxyl groups excluding tert-OH is 1. The first-order chi connectivity index (χ1) is 8.46. The molecule has 1 aliphatic heterocycles. The average molecular weight is 293 g/mol. The Hall–Kier alpha value is 0.220. The fourth-order valence-electron chi connectivity index (χ4n) is 2.99. The molecule has 18 heavy (non-hydrogen) atoms. The Balaban J connectivity index is 1.90. The Morgan fingerprint density at radius 3 is 2.44 bits per heavy atom. The molecule has 2 fully saturated rings. The Morgan fingerprint density at radius 2 is 1.94 bits per heavy atom. The second kappa shape index (κ2) is 5.69. The predicted molar refractivity (Wildman–Crippen MR) is 75.8 cm³/mol. The van der Waals surface area contributed by atoms with E-state index >= 15 is 0 Å². The minimum absolute atomic E-state index is 0.0820. The van der Waals surface area contributed by atoms with Crippen LogP contribution in [0.4, 0.5) is 0 Å². The van der Waals surface area contributed by atoms with Gasteiger partial charge in [-0.1, -0.05) is 19.3 Å². The van der Waals surface area contributed by atoms with Crippen LogP contribution in [0.5, 0.6) is 0 Å². The lowest BCUT2D eigenvalue weighted by molar-refractivity contribution is 0.162. The molecule has 1 saturated heterocycles. The van der Waals surface area contributed by atoms with Gasteiger partial charge in [-0.25, -0.2) is 8.42 Å². The number of hydrogen-bond donors (Lipinski definition) is 2. The predicted octanol–water partition coefficient (Wildman–Crippen LogP) is 0.800. The number of sulfone groups is 1. The monoisotopic (exact) mass is 293 g/mol. The molecular weight excluding hydrogens is 270 g/mol. The van der Waals surface area contributed by atoms with Crippen LogP contribution in [0.3, 0.4) is 0 Å². The first kappa shape index (κ1) is 14.6. The van der Waals surface area contributed by atoms with Crippen LogP contribution in [0.15, 0.2) is 0 Å². The summed E-state index contributed by atoms with van der Waals surface area (Å²) in [6.07, 6.45) is 7.60. The summed E-state index contributed by atoms with van der Waals surface area (Å²) < 4.78 is 23.1. The van der Waals surface area contributed by atoms with Gasteiger partial charge in [-0.15, -0.1) is 0 Å². The van der Waals surface area contributed by atoms with Gasteiger partial charge in [0.2, 0.25) is 0 Å². The summed E-state index contributed by atoms with van der Waals surface area (Å²) in [7, 11) is -3.04. The molecule has 2 aliphatic rings. The summed E-state index contributed by atoms with van der Waals surface area (Å²) in [6.45, 7) is 0.811. The van der Waals surface area contributed by atoms with E-state index in [1.165, 1.54) is 32.1 Å². The molecule has 0 radical (unpaired) electrons. The molecule has 106 valence electrons. The van der Waals surface area contributed by atoms with Crippen LogP contribution in [0.1, 0.15) is 32.1 Å². The summed E-state index contributed by atoms with van der Waals surface area (Å²) >= 11 is 1.88. The van der Waals surface area contributed by atoms with Crippen molar-refractivity contribution in [3.63, 3.8) is 0 Å². The van der Waals surface area contributed by atoms with Crippen molar-refractivity contribution in [2.75, 3.05) is 24.3 Å². The topological polar surface area (TPSA) is 66.4 Å². The summed E-state index contributed by atoms with van der Waals surface area (Å²) in [5, 5.41) is 13.1. The van der Waals surface area contributed by atoms with E-state index in [0.29, 0.717) is 0 Å². The molecule has 0 aromatic carbocycles. The summed E-state index contributed by atoms with van der Waals surface area (Å²) in [5.74, 6) is -0.00440. The molecular formula is C12H23NO3S2. The highest BCUT2D eigenvalue weighted by molar-refractivity contribution is 8.00. The second-order valence-corrected chi connectivity index (χ2v) is 9.01. The fourth-order valence-corrected chi connectivity index (χ4v) is 5.69. The van der Waals surface area contributed by atoms with Crippen molar-refractivity contribution in [1.29, 1.82) is 0 Å². The molecule has 0 aromatic heterocycles. The summed E-state index contributed by atoms with van der Waals surface area (Å²) in [4.78, 5) is 0. The van der Waals surface area contributed by atoms with E-state index in [2.05, 4.69) is 11.6 Å².